The summed E-state index contributed by atoms with van der Waals surface area (Å²) in [6.45, 7) is 2.21. The van der Waals surface area contributed by atoms with Gasteiger partial charge in [0.05, 0.1) is 0 Å². The summed E-state index contributed by atoms with van der Waals surface area (Å²) >= 11 is 3.37. The molecule has 0 saturated carbocycles. The molecule has 0 aliphatic rings. The van der Waals surface area contributed by atoms with E-state index >= 15 is 0 Å². The lowest BCUT2D eigenvalue weighted by atomic mass is 10.2. The van der Waals surface area contributed by atoms with E-state index in [1.807, 2.05) is 25.1 Å². The Hall–Kier alpha value is -1.66. The number of methoxy groups -OCH3 is 1. The smallest absolute Gasteiger partial charge is 0.277 e. The Morgan fingerprint density at radius 2 is 2.26 bits per heavy atom. The highest BCUT2D eigenvalue weighted by molar-refractivity contribution is 9.10. The summed E-state index contributed by atoms with van der Waals surface area (Å²) in [4.78, 5) is 12.0. The third kappa shape index (κ3) is 3.42. The van der Waals surface area contributed by atoms with Gasteiger partial charge in [0.1, 0.15) is 6.61 Å². The quantitative estimate of drug-likeness (QED) is 0.938. The maximum atomic E-state index is 12.0. The average Bonchev–Trinajstić information content (AvgIpc) is 2.82. The molecule has 6 heteroatoms. The summed E-state index contributed by atoms with van der Waals surface area (Å²) < 4.78 is 10.8. The minimum Gasteiger partial charge on any atom is -0.377 e. The topological polar surface area (TPSA) is 64.4 Å². The highest BCUT2D eigenvalue weighted by Crippen LogP contribution is 2.20. The van der Waals surface area contributed by atoms with Crippen LogP contribution in [0.4, 0.5) is 5.69 Å². The molecule has 1 aromatic carbocycles. The van der Waals surface area contributed by atoms with Crippen LogP contribution < -0.4 is 5.32 Å². The zero-order chi connectivity index (χ0) is 13.8. The van der Waals surface area contributed by atoms with Gasteiger partial charge in [-0.3, -0.25) is 4.79 Å². The predicted octanol–water partition coefficient (Wildman–Crippen LogP) is 3.14. The number of hydrogen-bond donors (Lipinski definition) is 1. The summed E-state index contributed by atoms with van der Waals surface area (Å²) in [5, 5.41) is 6.49. The number of aromatic nitrogens is 1. The monoisotopic (exact) mass is 324 g/mol. The zero-order valence-electron chi connectivity index (χ0n) is 10.6. The molecule has 0 atom stereocenters. The average molecular weight is 325 g/mol. The number of nitrogens with one attached hydrogen (secondary N) is 1. The van der Waals surface area contributed by atoms with Crippen LogP contribution in [0.25, 0.3) is 0 Å². The number of nitrogens with zero attached hydrogens (tertiary/aromatic N) is 1. The van der Waals surface area contributed by atoms with Crippen molar-refractivity contribution in [1.29, 1.82) is 0 Å². The first-order valence-corrected chi connectivity index (χ1v) is 6.41. The predicted molar refractivity (Wildman–Crippen MR) is 74.0 cm³/mol. The Balaban J connectivity index is 2.11. The van der Waals surface area contributed by atoms with E-state index < -0.39 is 0 Å². The SMILES string of the molecule is COCc1cc(C(=O)Nc2ccc(Br)cc2C)no1. The molecule has 0 bridgehead atoms. The third-order valence-electron chi connectivity index (χ3n) is 2.51. The molecule has 0 saturated heterocycles. The van der Waals surface area contributed by atoms with Crippen LogP contribution in [0.15, 0.2) is 33.3 Å². The largest absolute Gasteiger partial charge is 0.377 e. The summed E-state index contributed by atoms with van der Waals surface area (Å²) in [6.07, 6.45) is 0. The number of aryl methyl sites for hydroxylation is 1. The van der Waals surface area contributed by atoms with E-state index in [1.165, 1.54) is 0 Å². The molecule has 0 aliphatic heterocycles. The van der Waals surface area contributed by atoms with Crippen LogP contribution in [0.1, 0.15) is 21.8 Å². The first-order chi connectivity index (χ1) is 9.10. The van der Waals surface area contributed by atoms with Crippen LogP contribution in [0, 0.1) is 6.92 Å². The Morgan fingerprint density at radius 1 is 1.47 bits per heavy atom. The van der Waals surface area contributed by atoms with Gasteiger partial charge < -0.3 is 14.6 Å². The number of hydrogen-bond acceptors (Lipinski definition) is 4. The van der Waals surface area contributed by atoms with Gasteiger partial charge in [-0.2, -0.15) is 0 Å². The van der Waals surface area contributed by atoms with Gasteiger partial charge in [0.15, 0.2) is 11.5 Å². The molecule has 100 valence electrons. The lowest BCUT2D eigenvalue weighted by Gasteiger charge is -2.06. The number of ether oxygens (including phenoxy) is 1. The van der Waals surface area contributed by atoms with Gasteiger partial charge in [0, 0.05) is 23.3 Å². The van der Waals surface area contributed by atoms with E-state index in [0.717, 1.165) is 15.7 Å². The summed E-state index contributed by atoms with van der Waals surface area (Å²) in [6, 6.07) is 7.18. The van der Waals surface area contributed by atoms with Crippen molar-refractivity contribution in [2.45, 2.75) is 13.5 Å². The maximum Gasteiger partial charge on any atom is 0.277 e. The minimum absolute atomic E-state index is 0.231. The number of carbonyl (C=O) groups is 1. The van der Waals surface area contributed by atoms with Crippen molar-refractivity contribution in [1.82, 2.24) is 5.16 Å². The second-order valence-electron chi connectivity index (χ2n) is 4.02. The van der Waals surface area contributed by atoms with Gasteiger partial charge in [-0.1, -0.05) is 21.1 Å². The fourth-order valence-electron chi connectivity index (χ4n) is 1.58. The van der Waals surface area contributed by atoms with Crippen LogP contribution in [-0.4, -0.2) is 18.2 Å². The van der Waals surface area contributed by atoms with Crippen LogP contribution in [0.2, 0.25) is 0 Å². The van der Waals surface area contributed by atoms with Crippen molar-refractivity contribution in [2.75, 3.05) is 12.4 Å². The molecule has 0 aliphatic carbocycles. The van der Waals surface area contributed by atoms with Gasteiger partial charge in [-0.25, -0.2) is 0 Å². The Bertz CT molecular complexity index is 595. The maximum absolute atomic E-state index is 12.0. The van der Waals surface area contributed by atoms with Crippen molar-refractivity contribution < 1.29 is 14.1 Å². The van der Waals surface area contributed by atoms with Gasteiger partial charge >= 0.3 is 0 Å². The summed E-state index contributed by atoms with van der Waals surface area (Å²) in [5.41, 5.74) is 1.93. The lowest BCUT2D eigenvalue weighted by molar-refractivity contribution is 0.101. The normalized spacial score (nSPS) is 10.5. The molecule has 0 radical (unpaired) electrons. The van der Waals surface area contributed by atoms with E-state index in [2.05, 4.69) is 26.4 Å². The Labute approximate surface area is 119 Å². The number of carbonyl (C=O) groups excluding carboxylic acids is 1. The fourth-order valence-corrected chi connectivity index (χ4v) is 2.06. The molecule has 1 amide bonds. The molecule has 5 nitrogen and oxygen atoms in total. The molecule has 0 fully saturated rings. The summed E-state index contributed by atoms with van der Waals surface area (Å²) in [5.74, 6) is 0.205. The number of anilines is 1. The van der Waals surface area contributed by atoms with Crippen molar-refractivity contribution in [3.8, 4) is 0 Å². The Morgan fingerprint density at radius 3 is 2.95 bits per heavy atom. The highest BCUT2D eigenvalue weighted by atomic mass is 79.9. The molecule has 1 heterocycles. The van der Waals surface area contributed by atoms with Crippen LogP contribution in [0.5, 0.6) is 0 Å². The molecule has 19 heavy (non-hydrogen) atoms. The molecular formula is C13H13BrN2O3. The second-order valence-corrected chi connectivity index (χ2v) is 4.94. The van der Waals surface area contributed by atoms with Gasteiger partial charge in [-0.05, 0) is 30.7 Å². The van der Waals surface area contributed by atoms with E-state index in [9.17, 15) is 4.79 Å². The molecule has 0 spiro atoms. The second kappa shape index (κ2) is 5.99. The van der Waals surface area contributed by atoms with Gasteiger partial charge in [0.25, 0.3) is 5.91 Å². The highest BCUT2D eigenvalue weighted by Gasteiger charge is 2.13. The van der Waals surface area contributed by atoms with E-state index in [1.54, 1.807) is 13.2 Å². The van der Waals surface area contributed by atoms with Crippen molar-refractivity contribution in [3.05, 3.63) is 45.8 Å². The zero-order valence-corrected chi connectivity index (χ0v) is 12.2. The van der Waals surface area contributed by atoms with Crippen LogP contribution in [-0.2, 0) is 11.3 Å². The number of rotatable bonds is 4. The number of amides is 1. The van der Waals surface area contributed by atoms with Crippen molar-refractivity contribution >= 4 is 27.5 Å². The van der Waals surface area contributed by atoms with E-state index in [0.29, 0.717) is 5.76 Å². The van der Waals surface area contributed by atoms with Gasteiger partial charge in [-0.15, -0.1) is 0 Å². The molecule has 0 unspecified atom stereocenters. The Kier molecular flexibility index (Phi) is 4.34. The van der Waals surface area contributed by atoms with Crippen molar-refractivity contribution in [2.24, 2.45) is 0 Å². The van der Waals surface area contributed by atoms with Crippen LogP contribution in [0.3, 0.4) is 0 Å². The van der Waals surface area contributed by atoms with E-state index in [-0.39, 0.29) is 18.2 Å². The van der Waals surface area contributed by atoms with Crippen molar-refractivity contribution in [3.63, 3.8) is 0 Å². The molecular weight excluding hydrogens is 312 g/mol. The first-order valence-electron chi connectivity index (χ1n) is 5.62. The first kappa shape index (κ1) is 13.8. The minimum atomic E-state index is -0.309. The molecule has 1 N–H and O–H groups in total. The lowest BCUT2D eigenvalue weighted by Crippen LogP contribution is -2.13. The summed E-state index contributed by atoms with van der Waals surface area (Å²) in [7, 11) is 1.55. The fraction of sp³-hybridized carbons (Fsp3) is 0.231. The number of halogens is 1. The number of benzene rings is 1. The molecule has 1 aromatic heterocycles. The standard InChI is InChI=1S/C13H13BrN2O3/c1-8-5-9(14)3-4-11(8)15-13(17)12-6-10(7-18-2)19-16-12/h3-6H,7H2,1-2H3,(H,15,17). The van der Waals surface area contributed by atoms with E-state index in [4.69, 9.17) is 9.26 Å². The van der Waals surface area contributed by atoms with Crippen LogP contribution >= 0.6 is 15.9 Å². The molecule has 2 aromatic rings. The van der Waals surface area contributed by atoms with Gasteiger partial charge in [0.2, 0.25) is 0 Å². The molecule has 2 rings (SSSR count). The third-order valence-corrected chi connectivity index (χ3v) is 3.01.